The van der Waals surface area contributed by atoms with E-state index in [1.807, 2.05) is 6.92 Å². The number of sulfonamides is 1. The largest absolute Gasteiger partial charge is 0.322 e. The molecule has 10 heteroatoms. The van der Waals surface area contributed by atoms with Crippen LogP contribution in [0.3, 0.4) is 0 Å². The summed E-state index contributed by atoms with van der Waals surface area (Å²) in [5.41, 5.74) is 0.159. The molecule has 1 amide bonds. The van der Waals surface area contributed by atoms with E-state index in [1.165, 1.54) is 22.5 Å². The number of hydrogen-bond acceptors (Lipinski definition) is 4. The third-order valence-corrected chi connectivity index (χ3v) is 7.26. The van der Waals surface area contributed by atoms with E-state index < -0.39 is 21.7 Å². The molecule has 1 fully saturated rings. The number of benzene rings is 2. The molecule has 0 saturated carbocycles. The number of carbonyl (C=O) groups excluding carboxylic acids is 1. The lowest BCUT2D eigenvalue weighted by Crippen LogP contribution is -2.48. The summed E-state index contributed by atoms with van der Waals surface area (Å²) in [4.78, 5) is 14.7. The van der Waals surface area contributed by atoms with Gasteiger partial charge < -0.3 is 10.2 Å². The maximum atomic E-state index is 13.7. The standard InChI is InChI=1S/C19H20Cl2FN3O3S/c1-2-24-6-8-25(9-7-24)29(27,28)14-5-3-4-13(10-14)23-19(26)15-11-18(22)17(21)12-16(15)20/h3-5,10-12H,2,6-9H2,1H3,(H,23,26). The van der Waals surface area contributed by atoms with Crippen molar-refractivity contribution >= 4 is 44.8 Å². The van der Waals surface area contributed by atoms with Gasteiger partial charge in [0, 0.05) is 31.9 Å². The minimum Gasteiger partial charge on any atom is -0.322 e. The zero-order valence-corrected chi connectivity index (χ0v) is 18.0. The van der Waals surface area contributed by atoms with E-state index in [4.69, 9.17) is 23.2 Å². The lowest BCUT2D eigenvalue weighted by Gasteiger charge is -2.33. The molecule has 0 spiro atoms. The Morgan fingerprint density at radius 3 is 2.45 bits per heavy atom. The third-order valence-electron chi connectivity index (χ3n) is 4.76. The Labute approximate surface area is 179 Å². The van der Waals surface area contributed by atoms with Crippen molar-refractivity contribution in [2.24, 2.45) is 0 Å². The van der Waals surface area contributed by atoms with Crippen LogP contribution >= 0.6 is 23.2 Å². The minimum atomic E-state index is -3.69. The van der Waals surface area contributed by atoms with Crippen molar-refractivity contribution in [2.75, 3.05) is 38.0 Å². The van der Waals surface area contributed by atoms with E-state index in [2.05, 4.69) is 10.2 Å². The van der Waals surface area contributed by atoms with Crippen LogP contribution in [0.15, 0.2) is 41.3 Å². The van der Waals surface area contributed by atoms with Gasteiger partial charge in [-0.15, -0.1) is 0 Å². The highest BCUT2D eigenvalue weighted by molar-refractivity contribution is 7.89. The van der Waals surface area contributed by atoms with Crippen LogP contribution < -0.4 is 5.32 Å². The smallest absolute Gasteiger partial charge is 0.257 e. The second-order valence-electron chi connectivity index (χ2n) is 6.57. The van der Waals surface area contributed by atoms with E-state index in [-0.39, 0.29) is 26.2 Å². The van der Waals surface area contributed by atoms with Gasteiger partial charge in [-0.25, -0.2) is 12.8 Å². The maximum Gasteiger partial charge on any atom is 0.257 e. The number of nitrogens with one attached hydrogen (secondary N) is 1. The summed E-state index contributed by atoms with van der Waals surface area (Å²) in [5.74, 6) is -1.44. The molecular weight excluding hydrogens is 440 g/mol. The Morgan fingerprint density at radius 1 is 1.10 bits per heavy atom. The highest BCUT2D eigenvalue weighted by Crippen LogP contribution is 2.26. The van der Waals surface area contributed by atoms with Crippen LogP contribution in [0.2, 0.25) is 10.0 Å². The molecule has 1 saturated heterocycles. The molecule has 1 aliphatic rings. The summed E-state index contributed by atoms with van der Waals surface area (Å²) in [7, 11) is -3.69. The predicted molar refractivity (Wildman–Crippen MR) is 112 cm³/mol. The summed E-state index contributed by atoms with van der Waals surface area (Å²) >= 11 is 11.6. The number of amides is 1. The summed E-state index contributed by atoms with van der Waals surface area (Å²) in [6.45, 7) is 5.08. The molecule has 0 atom stereocenters. The van der Waals surface area contributed by atoms with E-state index >= 15 is 0 Å². The van der Waals surface area contributed by atoms with Gasteiger partial charge in [-0.2, -0.15) is 4.31 Å². The molecule has 3 rings (SSSR count). The first kappa shape index (κ1) is 22.0. The zero-order valence-electron chi connectivity index (χ0n) is 15.7. The molecule has 2 aromatic rings. The van der Waals surface area contributed by atoms with Crippen molar-refractivity contribution in [3.05, 3.63) is 57.8 Å². The molecule has 0 unspecified atom stereocenters. The Bertz CT molecular complexity index is 1030. The first-order valence-corrected chi connectivity index (χ1v) is 11.2. The van der Waals surface area contributed by atoms with Crippen LogP contribution in [-0.2, 0) is 10.0 Å². The Hall–Kier alpha value is -1.71. The van der Waals surface area contributed by atoms with Crippen molar-refractivity contribution < 1.29 is 17.6 Å². The monoisotopic (exact) mass is 459 g/mol. The lowest BCUT2D eigenvalue weighted by molar-refractivity contribution is 0.102. The number of anilines is 1. The number of hydrogen-bond donors (Lipinski definition) is 1. The zero-order chi connectivity index (χ0) is 21.2. The van der Waals surface area contributed by atoms with Gasteiger partial charge in [-0.1, -0.05) is 36.2 Å². The second-order valence-corrected chi connectivity index (χ2v) is 9.32. The summed E-state index contributed by atoms with van der Waals surface area (Å²) < 4.78 is 41.0. The SMILES string of the molecule is CCN1CCN(S(=O)(=O)c2cccc(NC(=O)c3cc(F)c(Cl)cc3Cl)c2)CC1. The Morgan fingerprint density at radius 2 is 1.79 bits per heavy atom. The molecule has 1 aliphatic heterocycles. The van der Waals surface area contributed by atoms with Gasteiger partial charge in [0.15, 0.2) is 0 Å². The van der Waals surface area contributed by atoms with Crippen molar-refractivity contribution in [1.82, 2.24) is 9.21 Å². The Kier molecular flexibility index (Phi) is 6.80. The fourth-order valence-electron chi connectivity index (χ4n) is 3.06. The van der Waals surface area contributed by atoms with Gasteiger partial charge in [0.1, 0.15) is 5.82 Å². The van der Waals surface area contributed by atoms with Crippen LogP contribution in [0.4, 0.5) is 10.1 Å². The second kappa shape index (κ2) is 8.97. The first-order chi connectivity index (χ1) is 13.7. The summed E-state index contributed by atoms with van der Waals surface area (Å²) in [5, 5.41) is 2.35. The van der Waals surface area contributed by atoms with E-state index in [0.29, 0.717) is 26.2 Å². The highest BCUT2D eigenvalue weighted by atomic mass is 35.5. The Balaban J connectivity index is 1.79. The van der Waals surface area contributed by atoms with Gasteiger partial charge in [0.05, 0.1) is 20.5 Å². The molecule has 0 aliphatic carbocycles. The molecule has 0 aromatic heterocycles. The van der Waals surface area contributed by atoms with Crippen LogP contribution in [0.5, 0.6) is 0 Å². The number of halogens is 3. The van der Waals surface area contributed by atoms with E-state index in [1.54, 1.807) is 6.07 Å². The normalized spacial score (nSPS) is 16.0. The maximum absolute atomic E-state index is 13.7. The van der Waals surface area contributed by atoms with Crippen molar-refractivity contribution in [3.8, 4) is 0 Å². The summed E-state index contributed by atoms with van der Waals surface area (Å²) in [6, 6.07) is 8.02. The molecule has 2 aromatic carbocycles. The average molecular weight is 460 g/mol. The van der Waals surface area contributed by atoms with E-state index in [0.717, 1.165) is 18.7 Å². The molecule has 156 valence electrons. The van der Waals surface area contributed by atoms with Gasteiger partial charge in [0.25, 0.3) is 5.91 Å². The van der Waals surface area contributed by atoms with Crippen LogP contribution in [0.1, 0.15) is 17.3 Å². The molecule has 0 bridgehead atoms. The molecule has 1 N–H and O–H groups in total. The van der Waals surface area contributed by atoms with Gasteiger partial charge in [-0.3, -0.25) is 4.79 Å². The van der Waals surface area contributed by atoms with Gasteiger partial charge in [0.2, 0.25) is 10.0 Å². The highest BCUT2D eigenvalue weighted by Gasteiger charge is 2.28. The first-order valence-electron chi connectivity index (χ1n) is 9.01. The fourth-order valence-corrected chi connectivity index (χ4v) is 5.00. The minimum absolute atomic E-state index is 0.00790. The van der Waals surface area contributed by atoms with Crippen molar-refractivity contribution in [2.45, 2.75) is 11.8 Å². The molecule has 29 heavy (non-hydrogen) atoms. The van der Waals surface area contributed by atoms with E-state index in [9.17, 15) is 17.6 Å². The molecule has 0 radical (unpaired) electrons. The average Bonchev–Trinajstić information content (AvgIpc) is 2.71. The van der Waals surface area contributed by atoms with Crippen LogP contribution in [0.25, 0.3) is 0 Å². The number of piperazine rings is 1. The van der Waals surface area contributed by atoms with Crippen LogP contribution in [0, 0.1) is 5.82 Å². The molecule has 6 nitrogen and oxygen atoms in total. The molecular formula is C19H20Cl2FN3O3S. The number of rotatable bonds is 5. The predicted octanol–water partition coefficient (Wildman–Crippen LogP) is 3.71. The lowest BCUT2D eigenvalue weighted by atomic mass is 10.2. The van der Waals surface area contributed by atoms with Crippen molar-refractivity contribution in [1.29, 1.82) is 0 Å². The number of nitrogens with zero attached hydrogens (tertiary/aromatic N) is 2. The van der Waals surface area contributed by atoms with Crippen molar-refractivity contribution in [3.63, 3.8) is 0 Å². The van der Waals surface area contributed by atoms with Crippen LogP contribution in [-0.4, -0.2) is 56.3 Å². The molecule has 1 heterocycles. The van der Waals surface area contributed by atoms with Gasteiger partial charge >= 0.3 is 0 Å². The number of carbonyl (C=O) groups is 1. The quantitative estimate of drug-likeness (QED) is 0.691. The fraction of sp³-hybridized carbons (Fsp3) is 0.316. The number of likely N-dealkylation sites (N-methyl/N-ethyl adjacent to an activating group) is 1. The topological polar surface area (TPSA) is 69.7 Å². The summed E-state index contributed by atoms with van der Waals surface area (Å²) in [6.07, 6.45) is 0. The third kappa shape index (κ3) is 4.90. The van der Waals surface area contributed by atoms with Gasteiger partial charge in [-0.05, 0) is 36.9 Å².